The molecule has 1 rings (SSSR count). The van der Waals surface area contributed by atoms with Crippen LogP contribution < -0.4 is 15.5 Å². The predicted molar refractivity (Wildman–Crippen MR) is 51.3 cm³/mol. The van der Waals surface area contributed by atoms with E-state index in [2.05, 4.69) is 10.8 Å². The number of hydrogen-bond donors (Lipinski definition) is 3. The Balaban J connectivity index is 2.54. The third kappa shape index (κ3) is 2.93. The van der Waals surface area contributed by atoms with Crippen LogP contribution in [0.1, 0.15) is 0 Å². The second kappa shape index (κ2) is 5.40. The lowest BCUT2D eigenvalue weighted by Crippen LogP contribution is -2.18. The Hall–Kier alpha value is -1.26. The summed E-state index contributed by atoms with van der Waals surface area (Å²) in [5, 5.41) is 11.5. The summed E-state index contributed by atoms with van der Waals surface area (Å²) in [6, 6.07) is 7.65. The highest BCUT2D eigenvalue weighted by Crippen LogP contribution is 2.22. The van der Waals surface area contributed by atoms with Gasteiger partial charge >= 0.3 is 0 Å². The lowest BCUT2D eigenvalue weighted by atomic mass is 10.3. The molecule has 0 atom stereocenters. The fourth-order valence-corrected chi connectivity index (χ4v) is 1.04. The van der Waals surface area contributed by atoms with Crippen molar-refractivity contribution in [2.75, 3.05) is 25.5 Å². The van der Waals surface area contributed by atoms with E-state index in [9.17, 15) is 0 Å². The zero-order chi connectivity index (χ0) is 9.52. The summed E-state index contributed by atoms with van der Waals surface area (Å²) < 4.78 is 5.13. The summed E-state index contributed by atoms with van der Waals surface area (Å²) in [7, 11) is 1.63. The van der Waals surface area contributed by atoms with E-state index < -0.39 is 0 Å². The van der Waals surface area contributed by atoms with E-state index in [0.717, 1.165) is 11.4 Å². The number of hydroxylamine groups is 1. The molecule has 0 spiro atoms. The molecular formula is C9H14N2O2. The van der Waals surface area contributed by atoms with E-state index >= 15 is 0 Å². The number of methoxy groups -OCH3 is 1. The number of ether oxygens (including phenoxy) is 1. The highest BCUT2D eigenvalue weighted by Gasteiger charge is 1.98. The maximum Gasteiger partial charge on any atom is 0.141 e. The van der Waals surface area contributed by atoms with Crippen molar-refractivity contribution < 1.29 is 9.94 Å². The van der Waals surface area contributed by atoms with E-state index in [1.807, 2.05) is 24.3 Å². The molecule has 0 aromatic heterocycles. The van der Waals surface area contributed by atoms with E-state index in [-0.39, 0.29) is 0 Å². The van der Waals surface area contributed by atoms with Crippen LogP contribution in [0.4, 0.5) is 5.69 Å². The molecule has 0 radical (unpaired) electrons. The minimum Gasteiger partial charge on any atom is -0.495 e. The van der Waals surface area contributed by atoms with Gasteiger partial charge in [-0.2, -0.15) is 0 Å². The van der Waals surface area contributed by atoms with Crippen LogP contribution in [0.3, 0.4) is 0 Å². The van der Waals surface area contributed by atoms with Gasteiger partial charge in [-0.1, -0.05) is 12.1 Å². The third-order valence-electron chi connectivity index (χ3n) is 1.66. The molecule has 13 heavy (non-hydrogen) atoms. The van der Waals surface area contributed by atoms with Crippen LogP contribution in [0.25, 0.3) is 0 Å². The van der Waals surface area contributed by atoms with Crippen LogP contribution in [-0.2, 0) is 0 Å². The molecule has 0 saturated carbocycles. The van der Waals surface area contributed by atoms with Gasteiger partial charge in [0.25, 0.3) is 0 Å². The van der Waals surface area contributed by atoms with Gasteiger partial charge in [-0.05, 0) is 12.1 Å². The van der Waals surface area contributed by atoms with Crippen molar-refractivity contribution in [3.05, 3.63) is 24.3 Å². The molecule has 3 N–H and O–H groups in total. The van der Waals surface area contributed by atoms with E-state index in [1.165, 1.54) is 0 Å². The minimum atomic E-state index is 0.498. The molecule has 72 valence electrons. The zero-order valence-electron chi connectivity index (χ0n) is 7.58. The maximum atomic E-state index is 8.35. The summed E-state index contributed by atoms with van der Waals surface area (Å²) in [5.41, 5.74) is 3.00. The van der Waals surface area contributed by atoms with Crippen molar-refractivity contribution in [3.63, 3.8) is 0 Å². The van der Waals surface area contributed by atoms with Crippen LogP contribution in [0, 0.1) is 0 Å². The Morgan fingerprint density at radius 3 is 2.77 bits per heavy atom. The zero-order valence-corrected chi connectivity index (χ0v) is 7.58. The SMILES string of the molecule is COc1ccccc1NCCNO. The molecule has 0 aliphatic carbocycles. The highest BCUT2D eigenvalue weighted by atomic mass is 16.5. The normalized spacial score (nSPS) is 9.69. The Labute approximate surface area is 77.5 Å². The quantitative estimate of drug-likeness (QED) is 0.471. The molecule has 1 aromatic rings. The van der Waals surface area contributed by atoms with Gasteiger partial charge in [-0.3, -0.25) is 0 Å². The molecule has 4 heteroatoms. The van der Waals surface area contributed by atoms with Crippen molar-refractivity contribution in [2.24, 2.45) is 0 Å². The first kappa shape index (κ1) is 9.83. The van der Waals surface area contributed by atoms with Crippen LogP contribution >= 0.6 is 0 Å². The molecule has 0 saturated heterocycles. The van der Waals surface area contributed by atoms with Gasteiger partial charge in [0, 0.05) is 13.1 Å². The molecule has 0 fully saturated rings. The van der Waals surface area contributed by atoms with Gasteiger partial charge in [0.2, 0.25) is 0 Å². The van der Waals surface area contributed by atoms with E-state index in [4.69, 9.17) is 9.94 Å². The summed E-state index contributed by atoms with van der Waals surface area (Å²) in [6.07, 6.45) is 0. The predicted octanol–water partition coefficient (Wildman–Crippen LogP) is 1.09. The third-order valence-corrected chi connectivity index (χ3v) is 1.66. The summed E-state index contributed by atoms with van der Waals surface area (Å²) >= 11 is 0. The van der Waals surface area contributed by atoms with Crippen molar-refractivity contribution in [1.29, 1.82) is 0 Å². The molecule has 0 heterocycles. The number of benzene rings is 1. The largest absolute Gasteiger partial charge is 0.495 e. The summed E-state index contributed by atoms with van der Waals surface area (Å²) in [4.78, 5) is 0. The molecule has 1 aromatic carbocycles. The topological polar surface area (TPSA) is 53.5 Å². The van der Waals surface area contributed by atoms with Crippen LogP contribution in [0.15, 0.2) is 24.3 Å². The molecular weight excluding hydrogens is 168 g/mol. The highest BCUT2D eigenvalue weighted by molar-refractivity contribution is 5.55. The second-order valence-corrected chi connectivity index (χ2v) is 2.54. The van der Waals surface area contributed by atoms with Gasteiger partial charge in [0.05, 0.1) is 12.8 Å². The standard InChI is InChI=1S/C9H14N2O2/c1-13-9-5-3-2-4-8(9)10-6-7-11-12/h2-5,10-12H,6-7H2,1H3. The van der Waals surface area contributed by atoms with E-state index in [1.54, 1.807) is 7.11 Å². The summed E-state index contributed by atoms with van der Waals surface area (Å²) in [6.45, 7) is 1.15. The van der Waals surface area contributed by atoms with Gasteiger partial charge in [0.1, 0.15) is 5.75 Å². The Morgan fingerprint density at radius 1 is 1.31 bits per heavy atom. The number of hydrogen-bond acceptors (Lipinski definition) is 4. The fraction of sp³-hybridized carbons (Fsp3) is 0.333. The van der Waals surface area contributed by atoms with Crippen molar-refractivity contribution >= 4 is 5.69 Å². The second-order valence-electron chi connectivity index (χ2n) is 2.54. The first-order chi connectivity index (χ1) is 6.38. The Kier molecular flexibility index (Phi) is 4.08. The Bertz CT molecular complexity index is 253. The molecule has 4 nitrogen and oxygen atoms in total. The van der Waals surface area contributed by atoms with Crippen LogP contribution in [0.5, 0.6) is 5.75 Å². The molecule has 0 bridgehead atoms. The monoisotopic (exact) mass is 182 g/mol. The lowest BCUT2D eigenvalue weighted by molar-refractivity contribution is 0.171. The number of rotatable bonds is 5. The van der Waals surface area contributed by atoms with Crippen LogP contribution in [-0.4, -0.2) is 25.4 Å². The lowest BCUT2D eigenvalue weighted by Gasteiger charge is -2.09. The number of anilines is 1. The van der Waals surface area contributed by atoms with Gasteiger partial charge in [-0.15, -0.1) is 0 Å². The molecule has 0 amide bonds. The smallest absolute Gasteiger partial charge is 0.141 e. The van der Waals surface area contributed by atoms with Crippen molar-refractivity contribution in [2.45, 2.75) is 0 Å². The molecule has 0 aliphatic heterocycles. The first-order valence-corrected chi connectivity index (χ1v) is 4.12. The van der Waals surface area contributed by atoms with Gasteiger partial charge in [-0.25, -0.2) is 5.48 Å². The van der Waals surface area contributed by atoms with Gasteiger partial charge < -0.3 is 15.3 Å². The minimum absolute atomic E-state index is 0.498. The Morgan fingerprint density at radius 2 is 2.08 bits per heavy atom. The van der Waals surface area contributed by atoms with Crippen LogP contribution in [0.2, 0.25) is 0 Å². The first-order valence-electron chi connectivity index (χ1n) is 4.12. The number of nitrogens with one attached hydrogen (secondary N) is 2. The van der Waals surface area contributed by atoms with E-state index in [0.29, 0.717) is 13.1 Å². The fourth-order valence-electron chi connectivity index (χ4n) is 1.04. The van der Waals surface area contributed by atoms with Gasteiger partial charge in [0.15, 0.2) is 0 Å². The van der Waals surface area contributed by atoms with Crippen molar-refractivity contribution in [1.82, 2.24) is 5.48 Å². The average Bonchev–Trinajstić information content (AvgIpc) is 2.19. The molecule has 0 aliphatic rings. The average molecular weight is 182 g/mol. The maximum absolute atomic E-state index is 8.35. The van der Waals surface area contributed by atoms with Crippen molar-refractivity contribution in [3.8, 4) is 5.75 Å². The summed E-state index contributed by atoms with van der Waals surface area (Å²) in [5.74, 6) is 0.806. The number of para-hydroxylation sites is 2. The molecule has 0 unspecified atom stereocenters.